The van der Waals surface area contributed by atoms with Crippen molar-refractivity contribution in [1.29, 1.82) is 0 Å². The number of ether oxygens (including phenoxy) is 1. The summed E-state index contributed by atoms with van der Waals surface area (Å²) in [5, 5.41) is 12.1. The summed E-state index contributed by atoms with van der Waals surface area (Å²) in [5.41, 5.74) is 3.69. The summed E-state index contributed by atoms with van der Waals surface area (Å²) in [6.07, 6.45) is 1.12. The van der Waals surface area contributed by atoms with Gasteiger partial charge in [-0.3, -0.25) is 4.90 Å². The molecule has 0 radical (unpaired) electrons. The Bertz CT molecular complexity index is 621. The molecule has 1 aromatic carbocycles. The highest BCUT2D eigenvalue weighted by Gasteiger charge is 2.20. The Morgan fingerprint density at radius 2 is 2.20 bits per heavy atom. The van der Waals surface area contributed by atoms with Gasteiger partial charge in [-0.15, -0.1) is 11.3 Å². The number of methoxy groups -OCH3 is 1. The van der Waals surface area contributed by atoms with E-state index in [-0.39, 0.29) is 5.75 Å². The third kappa shape index (κ3) is 2.41. The van der Waals surface area contributed by atoms with Gasteiger partial charge in [-0.25, -0.2) is 0 Å². The molecule has 1 aliphatic rings. The van der Waals surface area contributed by atoms with E-state index >= 15 is 0 Å². The molecular weight excluding hydrogens is 270 g/mol. The number of aromatic hydroxyl groups is 1. The average Bonchev–Trinajstić information content (AvgIpc) is 2.91. The number of fused-ring (bicyclic) bond motifs is 1. The molecular formula is C16H19NO2S. The fourth-order valence-corrected chi connectivity index (χ4v) is 3.69. The van der Waals surface area contributed by atoms with E-state index in [4.69, 9.17) is 4.74 Å². The maximum Gasteiger partial charge on any atom is 0.165 e. The van der Waals surface area contributed by atoms with Crippen molar-refractivity contribution in [1.82, 2.24) is 4.90 Å². The Hall–Kier alpha value is -1.52. The van der Waals surface area contributed by atoms with Crippen molar-refractivity contribution < 1.29 is 9.84 Å². The zero-order valence-corrected chi connectivity index (χ0v) is 12.7. The monoisotopic (exact) mass is 289 g/mol. The van der Waals surface area contributed by atoms with Crippen LogP contribution in [0.1, 0.15) is 21.6 Å². The number of hydrogen-bond donors (Lipinski definition) is 1. The van der Waals surface area contributed by atoms with E-state index in [0.29, 0.717) is 5.75 Å². The summed E-state index contributed by atoms with van der Waals surface area (Å²) < 4.78 is 5.38. The highest BCUT2D eigenvalue weighted by Crippen LogP contribution is 2.34. The Morgan fingerprint density at radius 3 is 3.00 bits per heavy atom. The van der Waals surface area contributed by atoms with Gasteiger partial charge in [0, 0.05) is 30.1 Å². The van der Waals surface area contributed by atoms with Crippen LogP contribution in [-0.4, -0.2) is 23.7 Å². The summed E-state index contributed by atoms with van der Waals surface area (Å²) in [4.78, 5) is 3.93. The number of benzene rings is 1. The second-order valence-corrected chi connectivity index (χ2v) is 6.24. The Labute approximate surface area is 123 Å². The van der Waals surface area contributed by atoms with Crippen LogP contribution in [0.3, 0.4) is 0 Å². The van der Waals surface area contributed by atoms with Crippen LogP contribution < -0.4 is 4.74 Å². The van der Waals surface area contributed by atoms with Crippen LogP contribution in [0.4, 0.5) is 0 Å². The molecule has 0 saturated carbocycles. The lowest BCUT2D eigenvalue weighted by molar-refractivity contribution is 0.242. The normalized spacial score (nSPS) is 15.1. The Morgan fingerprint density at radius 1 is 1.35 bits per heavy atom. The van der Waals surface area contributed by atoms with Gasteiger partial charge in [0.05, 0.1) is 7.11 Å². The first-order valence-electron chi connectivity index (χ1n) is 6.82. The third-order valence-corrected chi connectivity index (χ3v) is 4.97. The highest BCUT2D eigenvalue weighted by atomic mass is 32.1. The molecule has 1 aromatic heterocycles. The zero-order chi connectivity index (χ0) is 14.1. The SMILES string of the molecule is COc1c(O)ccc(C)c1CN1CCc2sccc2C1. The molecule has 4 heteroatoms. The largest absolute Gasteiger partial charge is 0.504 e. The van der Waals surface area contributed by atoms with Gasteiger partial charge < -0.3 is 9.84 Å². The van der Waals surface area contributed by atoms with Crippen molar-refractivity contribution in [3.05, 3.63) is 45.1 Å². The molecule has 2 heterocycles. The van der Waals surface area contributed by atoms with Crippen LogP contribution in [0.15, 0.2) is 23.6 Å². The van der Waals surface area contributed by atoms with Crippen molar-refractivity contribution in [2.45, 2.75) is 26.4 Å². The van der Waals surface area contributed by atoms with Crippen LogP contribution in [-0.2, 0) is 19.5 Å². The van der Waals surface area contributed by atoms with E-state index in [0.717, 1.165) is 37.2 Å². The molecule has 0 spiro atoms. The van der Waals surface area contributed by atoms with Crippen LogP contribution in [0, 0.1) is 6.92 Å². The van der Waals surface area contributed by atoms with Crippen molar-refractivity contribution >= 4 is 11.3 Å². The van der Waals surface area contributed by atoms with Gasteiger partial charge in [0.15, 0.2) is 11.5 Å². The molecule has 1 aliphatic heterocycles. The quantitative estimate of drug-likeness (QED) is 0.941. The van der Waals surface area contributed by atoms with Crippen LogP contribution in [0.25, 0.3) is 0 Å². The van der Waals surface area contributed by atoms with Gasteiger partial charge in [-0.2, -0.15) is 0 Å². The van der Waals surface area contributed by atoms with Gasteiger partial charge in [-0.05, 0) is 42.0 Å². The van der Waals surface area contributed by atoms with Crippen LogP contribution in [0.2, 0.25) is 0 Å². The molecule has 0 aliphatic carbocycles. The summed E-state index contributed by atoms with van der Waals surface area (Å²) in [5.74, 6) is 0.836. The minimum Gasteiger partial charge on any atom is -0.504 e. The Balaban J connectivity index is 1.84. The van der Waals surface area contributed by atoms with Crippen molar-refractivity contribution in [3.8, 4) is 11.5 Å². The molecule has 0 atom stereocenters. The van der Waals surface area contributed by atoms with Gasteiger partial charge in [0.25, 0.3) is 0 Å². The number of thiophene rings is 1. The zero-order valence-electron chi connectivity index (χ0n) is 11.8. The van der Waals surface area contributed by atoms with E-state index in [1.54, 1.807) is 13.2 Å². The lowest BCUT2D eigenvalue weighted by Crippen LogP contribution is -2.29. The maximum atomic E-state index is 9.93. The van der Waals surface area contributed by atoms with Crippen molar-refractivity contribution in [3.63, 3.8) is 0 Å². The molecule has 0 saturated heterocycles. The molecule has 20 heavy (non-hydrogen) atoms. The van der Waals surface area contributed by atoms with E-state index in [2.05, 4.69) is 23.3 Å². The maximum absolute atomic E-state index is 9.93. The number of phenolic OH excluding ortho intramolecular Hbond substituents is 1. The minimum atomic E-state index is 0.223. The molecule has 0 unspecified atom stereocenters. The smallest absolute Gasteiger partial charge is 0.165 e. The van der Waals surface area contributed by atoms with Gasteiger partial charge in [0.2, 0.25) is 0 Å². The highest BCUT2D eigenvalue weighted by molar-refractivity contribution is 7.10. The molecule has 0 amide bonds. The molecule has 2 aromatic rings. The lowest BCUT2D eigenvalue weighted by Gasteiger charge is -2.28. The minimum absolute atomic E-state index is 0.223. The van der Waals surface area contributed by atoms with E-state index in [1.807, 2.05) is 17.4 Å². The standard InChI is InChI=1S/C16H19NO2S/c1-11-3-4-14(18)16(19-2)13(11)10-17-7-5-15-12(9-17)6-8-20-15/h3-4,6,8,18H,5,7,9-10H2,1-2H3. The average molecular weight is 289 g/mol. The van der Waals surface area contributed by atoms with Gasteiger partial charge in [-0.1, -0.05) is 6.07 Å². The second-order valence-electron chi connectivity index (χ2n) is 5.24. The van der Waals surface area contributed by atoms with Gasteiger partial charge >= 0.3 is 0 Å². The summed E-state index contributed by atoms with van der Waals surface area (Å²) in [6, 6.07) is 5.87. The molecule has 1 N–H and O–H groups in total. The van der Waals surface area contributed by atoms with Crippen LogP contribution >= 0.6 is 11.3 Å². The Kier molecular flexibility index (Phi) is 3.68. The first kappa shape index (κ1) is 13.5. The molecule has 0 fully saturated rings. The number of phenols is 1. The number of rotatable bonds is 3. The van der Waals surface area contributed by atoms with E-state index < -0.39 is 0 Å². The van der Waals surface area contributed by atoms with Crippen molar-refractivity contribution in [2.24, 2.45) is 0 Å². The number of nitrogens with zero attached hydrogens (tertiary/aromatic N) is 1. The first-order chi connectivity index (χ1) is 9.69. The second kappa shape index (κ2) is 5.46. The van der Waals surface area contributed by atoms with E-state index in [9.17, 15) is 5.11 Å². The predicted octanol–water partition coefficient (Wildman–Crippen LogP) is 3.33. The fourth-order valence-electron chi connectivity index (χ4n) is 2.80. The summed E-state index contributed by atoms with van der Waals surface area (Å²) in [7, 11) is 1.62. The lowest BCUT2D eigenvalue weighted by atomic mass is 10.0. The predicted molar refractivity (Wildman–Crippen MR) is 81.5 cm³/mol. The van der Waals surface area contributed by atoms with Crippen LogP contribution in [0.5, 0.6) is 11.5 Å². The van der Waals surface area contributed by atoms with Crippen molar-refractivity contribution in [2.75, 3.05) is 13.7 Å². The molecule has 0 bridgehead atoms. The number of hydrogen-bond acceptors (Lipinski definition) is 4. The summed E-state index contributed by atoms with van der Waals surface area (Å²) in [6.45, 7) is 4.93. The third-order valence-electron chi connectivity index (χ3n) is 3.95. The molecule has 106 valence electrons. The summed E-state index contributed by atoms with van der Waals surface area (Å²) >= 11 is 1.86. The molecule has 3 nitrogen and oxygen atoms in total. The first-order valence-corrected chi connectivity index (χ1v) is 7.70. The van der Waals surface area contributed by atoms with Gasteiger partial charge in [0.1, 0.15) is 0 Å². The van der Waals surface area contributed by atoms with E-state index in [1.165, 1.54) is 10.4 Å². The molecule has 3 rings (SSSR count). The topological polar surface area (TPSA) is 32.7 Å². The fraction of sp³-hybridized carbons (Fsp3) is 0.375. The number of aryl methyl sites for hydroxylation is 1.